The van der Waals surface area contributed by atoms with Crippen LogP contribution in [0.2, 0.25) is 0 Å². The highest BCUT2D eigenvalue weighted by Crippen LogP contribution is 2.18. The third-order valence-corrected chi connectivity index (χ3v) is 14.2. The molecule has 0 amide bonds. The molecule has 1 atom stereocenters. The van der Waals surface area contributed by atoms with Crippen LogP contribution >= 0.6 is 0 Å². The van der Waals surface area contributed by atoms with Crippen molar-refractivity contribution in [2.24, 2.45) is 0 Å². The Hall–Kier alpha value is -2.37. The third kappa shape index (κ3) is 58.4. The summed E-state index contributed by atoms with van der Waals surface area (Å²) in [6.45, 7) is 6.48. The van der Waals surface area contributed by atoms with E-state index in [4.69, 9.17) is 14.2 Å². The second-order valence-electron chi connectivity index (χ2n) is 21.3. The molecule has 416 valence electrons. The van der Waals surface area contributed by atoms with Crippen LogP contribution in [-0.4, -0.2) is 37.2 Å². The zero-order chi connectivity index (χ0) is 51.4. The van der Waals surface area contributed by atoms with E-state index in [9.17, 15) is 14.4 Å². The molecule has 0 aliphatic heterocycles. The molecule has 0 aromatic heterocycles. The van der Waals surface area contributed by atoms with Crippen molar-refractivity contribution in [1.29, 1.82) is 0 Å². The Labute approximate surface area is 442 Å². The maximum Gasteiger partial charge on any atom is 0.306 e. The Morgan fingerprint density at radius 3 is 0.859 bits per heavy atom. The largest absolute Gasteiger partial charge is 0.462 e. The Morgan fingerprint density at radius 2 is 0.549 bits per heavy atom. The van der Waals surface area contributed by atoms with Crippen LogP contribution in [0.3, 0.4) is 0 Å². The Bertz CT molecular complexity index is 1190. The summed E-state index contributed by atoms with van der Waals surface area (Å²) in [4.78, 5) is 37.8. The molecule has 0 saturated carbocycles. The maximum atomic E-state index is 12.8. The van der Waals surface area contributed by atoms with E-state index in [0.29, 0.717) is 19.3 Å². The van der Waals surface area contributed by atoms with Crippen molar-refractivity contribution in [3.8, 4) is 0 Å². The zero-order valence-electron chi connectivity index (χ0n) is 47.8. The fourth-order valence-corrected chi connectivity index (χ4v) is 9.46. The molecule has 6 nitrogen and oxygen atoms in total. The summed E-state index contributed by atoms with van der Waals surface area (Å²) in [5.41, 5.74) is 0. The number of carbonyl (C=O) groups excluding carboxylic acids is 3. The van der Waals surface area contributed by atoms with E-state index in [-0.39, 0.29) is 31.1 Å². The van der Waals surface area contributed by atoms with E-state index in [0.717, 1.165) is 89.9 Å². The van der Waals surface area contributed by atoms with Gasteiger partial charge < -0.3 is 14.2 Å². The molecule has 0 rings (SSSR count). The highest BCUT2D eigenvalue weighted by molar-refractivity contribution is 5.71. The summed E-state index contributed by atoms with van der Waals surface area (Å²) in [5, 5.41) is 0. The lowest BCUT2D eigenvalue weighted by Crippen LogP contribution is -2.30. The molecule has 0 fully saturated rings. The monoisotopic (exact) mass is 997 g/mol. The van der Waals surface area contributed by atoms with E-state index in [1.54, 1.807) is 0 Å². The van der Waals surface area contributed by atoms with E-state index in [2.05, 4.69) is 57.2 Å². The summed E-state index contributed by atoms with van der Waals surface area (Å²) < 4.78 is 16.7. The minimum absolute atomic E-state index is 0.0729. The number of carbonyl (C=O) groups is 3. The van der Waals surface area contributed by atoms with Crippen molar-refractivity contribution in [3.63, 3.8) is 0 Å². The predicted molar refractivity (Wildman–Crippen MR) is 307 cm³/mol. The van der Waals surface area contributed by atoms with Crippen molar-refractivity contribution >= 4 is 17.9 Å². The maximum absolute atomic E-state index is 12.8. The molecule has 0 aromatic rings. The number of allylic oxidation sites excluding steroid dienone is 6. The molecule has 71 heavy (non-hydrogen) atoms. The lowest BCUT2D eigenvalue weighted by Gasteiger charge is -2.18. The van der Waals surface area contributed by atoms with Crippen LogP contribution in [0.15, 0.2) is 36.5 Å². The fourth-order valence-electron chi connectivity index (χ4n) is 9.46. The Balaban J connectivity index is 3.91. The lowest BCUT2D eigenvalue weighted by atomic mass is 10.0. The summed E-state index contributed by atoms with van der Waals surface area (Å²) in [6, 6.07) is 0. The van der Waals surface area contributed by atoms with Crippen LogP contribution in [0, 0.1) is 0 Å². The first-order valence-electron chi connectivity index (χ1n) is 31.5. The second kappa shape index (κ2) is 60.2. The van der Waals surface area contributed by atoms with Crippen molar-refractivity contribution in [3.05, 3.63) is 36.5 Å². The molecule has 0 N–H and O–H groups in total. The van der Waals surface area contributed by atoms with E-state index in [1.807, 2.05) is 0 Å². The average Bonchev–Trinajstić information content (AvgIpc) is 3.37. The van der Waals surface area contributed by atoms with Crippen LogP contribution in [0.5, 0.6) is 0 Å². The van der Waals surface area contributed by atoms with Gasteiger partial charge in [0, 0.05) is 19.3 Å². The predicted octanol–water partition coefficient (Wildman–Crippen LogP) is 21.2. The highest BCUT2D eigenvalue weighted by Gasteiger charge is 2.19. The molecular weight excluding hydrogens is 877 g/mol. The summed E-state index contributed by atoms with van der Waals surface area (Å²) >= 11 is 0. The van der Waals surface area contributed by atoms with Gasteiger partial charge in [-0.1, -0.05) is 308 Å². The van der Waals surface area contributed by atoms with Crippen LogP contribution < -0.4 is 0 Å². The number of rotatable bonds is 58. The fraction of sp³-hybridized carbons (Fsp3) is 0.862. The van der Waals surface area contributed by atoms with Gasteiger partial charge in [-0.2, -0.15) is 0 Å². The van der Waals surface area contributed by atoms with Gasteiger partial charge in [0.2, 0.25) is 0 Å². The van der Waals surface area contributed by atoms with Crippen molar-refractivity contribution < 1.29 is 28.6 Å². The Morgan fingerprint density at radius 1 is 0.296 bits per heavy atom. The normalized spacial score (nSPS) is 12.2. The first-order chi connectivity index (χ1) is 35.0. The molecule has 0 radical (unpaired) electrons. The van der Waals surface area contributed by atoms with Gasteiger partial charge in [-0.05, 0) is 51.4 Å². The first-order valence-corrected chi connectivity index (χ1v) is 31.5. The molecule has 0 saturated heterocycles. The minimum Gasteiger partial charge on any atom is -0.462 e. The SMILES string of the molecule is CC/C=C\C/C=C\C/C=C\CCCCCCCCCC(=O)OC(COC(=O)CCCCCCC)COC(=O)CCCCCCCCCCCCCCCCCCCCCCCCCCCCCCCCC. The molecule has 0 aromatic carbocycles. The van der Waals surface area contributed by atoms with Crippen LogP contribution in [0.1, 0.15) is 342 Å². The van der Waals surface area contributed by atoms with Gasteiger partial charge in [-0.3, -0.25) is 14.4 Å². The molecule has 0 aliphatic carbocycles. The van der Waals surface area contributed by atoms with Gasteiger partial charge in [0.1, 0.15) is 13.2 Å². The van der Waals surface area contributed by atoms with E-state index in [1.165, 1.54) is 212 Å². The van der Waals surface area contributed by atoms with Crippen LogP contribution in [0.25, 0.3) is 0 Å². The number of ether oxygens (including phenoxy) is 3. The first kappa shape index (κ1) is 68.6. The minimum atomic E-state index is -0.771. The van der Waals surface area contributed by atoms with Gasteiger partial charge in [0.05, 0.1) is 0 Å². The van der Waals surface area contributed by atoms with Gasteiger partial charge in [-0.25, -0.2) is 0 Å². The van der Waals surface area contributed by atoms with Crippen LogP contribution in [0.4, 0.5) is 0 Å². The van der Waals surface area contributed by atoms with Crippen molar-refractivity contribution in [2.75, 3.05) is 13.2 Å². The molecule has 0 aliphatic rings. The second-order valence-corrected chi connectivity index (χ2v) is 21.3. The van der Waals surface area contributed by atoms with Gasteiger partial charge in [0.25, 0.3) is 0 Å². The highest BCUT2D eigenvalue weighted by atomic mass is 16.6. The molecule has 0 heterocycles. The van der Waals surface area contributed by atoms with E-state index < -0.39 is 6.10 Å². The third-order valence-electron chi connectivity index (χ3n) is 14.2. The smallest absolute Gasteiger partial charge is 0.306 e. The number of hydrogen-bond donors (Lipinski definition) is 0. The van der Waals surface area contributed by atoms with Gasteiger partial charge in [0.15, 0.2) is 6.10 Å². The van der Waals surface area contributed by atoms with Gasteiger partial charge >= 0.3 is 17.9 Å². The summed E-state index contributed by atoms with van der Waals surface area (Å²) in [7, 11) is 0. The quantitative estimate of drug-likeness (QED) is 0.0261. The number of unbranched alkanes of at least 4 members (excludes halogenated alkanes) is 41. The molecular formula is C65H120O6. The molecule has 0 bridgehead atoms. The standard InChI is InChI=1S/C65H120O6/c1-4-7-10-13-15-17-19-21-23-25-26-27-28-29-30-31-32-33-34-35-36-37-38-40-41-43-45-47-49-52-55-58-64(67)70-61-62(60-69-63(66)57-54-51-12-9-6-3)71-65(68)59-56-53-50-48-46-44-42-39-24-22-20-18-16-14-11-8-5-2/h8,11,16,18,22,24,62H,4-7,9-10,12-15,17,19-21,23,25-61H2,1-3H3/b11-8-,18-16-,24-22-. The molecule has 0 spiro atoms. The topological polar surface area (TPSA) is 78.9 Å². The summed E-state index contributed by atoms with van der Waals surface area (Å²) in [6.07, 6.45) is 73.7. The average molecular weight is 998 g/mol. The zero-order valence-corrected chi connectivity index (χ0v) is 47.8. The van der Waals surface area contributed by atoms with Crippen molar-refractivity contribution in [1.82, 2.24) is 0 Å². The lowest BCUT2D eigenvalue weighted by molar-refractivity contribution is -0.167. The van der Waals surface area contributed by atoms with Gasteiger partial charge in [-0.15, -0.1) is 0 Å². The molecule has 1 unspecified atom stereocenters. The summed E-state index contributed by atoms with van der Waals surface area (Å²) in [5.74, 6) is -0.880. The number of esters is 3. The van der Waals surface area contributed by atoms with Crippen molar-refractivity contribution in [2.45, 2.75) is 348 Å². The van der Waals surface area contributed by atoms with Crippen LogP contribution in [-0.2, 0) is 28.6 Å². The molecule has 6 heteroatoms. The Kier molecular flexibility index (Phi) is 58.2. The number of hydrogen-bond acceptors (Lipinski definition) is 6. The van der Waals surface area contributed by atoms with E-state index >= 15 is 0 Å².